The first-order valence-electron chi connectivity index (χ1n) is 9.86. The maximum Gasteiger partial charge on any atom is 0.303 e. The highest BCUT2D eigenvalue weighted by Gasteiger charge is 2.51. The predicted molar refractivity (Wildman–Crippen MR) is 103 cm³/mol. The van der Waals surface area contributed by atoms with Crippen molar-refractivity contribution in [3.05, 3.63) is 35.8 Å². The molecule has 1 saturated heterocycles. The molecule has 184 valence electrons. The minimum Gasteiger partial charge on any atom is -0.463 e. The molecule has 1 fully saturated rings. The topological polar surface area (TPSA) is 139 Å². The van der Waals surface area contributed by atoms with Gasteiger partial charge in [-0.1, -0.05) is 5.21 Å². The third kappa shape index (κ3) is 5.51. The lowest BCUT2D eigenvalue weighted by Crippen LogP contribution is -2.58. The Balaban J connectivity index is 2.05. The van der Waals surface area contributed by atoms with E-state index >= 15 is 0 Å². The van der Waals surface area contributed by atoms with Gasteiger partial charge in [0.2, 0.25) is 0 Å². The van der Waals surface area contributed by atoms with Crippen LogP contribution in [0.5, 0.6) is 0 Å². The first-order valence-corrected chi connectivity index (χ1v) is 9.86. The van der Waals surface area contributed by atoms with Crippen LogP contribution >= 0.6 is 0 Å². The summed E-state index contributed by atoms with van der Waals surface area (Å²) in [6.07, 6.45) is -4.62. The van der Waals surface area contributed by atoms with E-state index in [1.807, 2.05) is 0 Å². The first-order chi connectivity index (χ1) is 16.0. The predicted octanol–water partition coefficient (Wildman–Crippen LogP) is 1.05. The molecule has 0 radical (unpaired) electrons. The molecule has 14 heteroatoms. The summed E-state index contributed by atoms with van der Waals surface area (Å²) in [5, 5.41) is 18.1. The molecule has 1 aromatic heterocycles. The Kier molecular flexibility index (Phi) is 7.51. The summed E-state index contributed by atoms with van der Waals surface area (Å²) in [6.45, 7) is 2.84. The van der Waals surface area contributed by atoms with Crippen molar-refractivity contribution in [1.29, 1.82) is 0 Å². The van der Waals surface area contributed by atoms with E-state index in [1.165, 1.54) is 0 Å². The van der Waals surface area contributed by atoms with Crippen LogP contribution in [0.1, 0.15) is 26.8 Å². The van der Waals surface area contributed by atoms with Gasteiger partial charge in [-0.2, -0.15) is 0 Å². The number of esters is 3. The zero-order valence-electron chi connectivity index (χ0n) is 18.1. The van der Waals surface area contributed by atoms with Crippen molar-refractivity contribution in [2.75, 3.05) is 6.61 Å². The van der Waals surface area contributed by atoms with Crippen LogP contribution in [0.3, 0.4) is 0 Å². The van der Waals surface area contributed by atoms with Crippen LogP contribution < -0.4 is 0 Å². The molecule has 1 aliphatic heterocycles. The summed E-state index contributed by atoms with van der Waals surface area (Å²) in [7, 11) is 0. The SMILES string of the molecule is CC(=O)OC[C@H]1O[C@H](O)[C@H](OC(C)=O)[C@@H](n2cc(-c3cc(F)c(F)c(F)c3)nn2)[C@H]1OC(C)=O. The van der Waals surface area contributed by atoms with E-state index in [1.54, 1.807) is 0 Å². The van der Waals surface area contributed by atoms with Crippen molar-refractivity contribution in [3.63, 3.8) is 0 Å². The quantitative estimate of drug-likeness (QED) is 0.357. The molecule has 11 nitrogen and oxygen atoms in total. The highest BCUT2D eigenvalue weighted by Crippen LogP contribution is 2.34. The van der Waals surface area contributed by atoms with Crippen LogP contribution in [0.4, 0.5) is 13.2 Å². The van der Waals surface area contributed by atoms with E-state index in [2.05, 4.69) is 10.3 Å². The van der Waals surface area contributed by atoms with Crippen molar-refractivity contribution in [1.82, 2.24) is 15.0 Å². The van der Waals surface area contributed by atoms with Gasteiger partial charge in [0.15, 0.2) is 35.9 Å². The minimum absolute atomic E-state index is 0.113. The van der Waals surface area contributed by atoms with Crippen LogP contribution in [0.25, 0.3) is 11.3 Å². The monoisotopic (exact) mass is 487 g/mol. The number of carbonyl (C=O) groups is 3. The number of benzene rings is 1. The van der Waals surface area contributed by atoms with Gasteiger partial charge in [-0.05, 0) is 12.1 Å². The van der Waals surface area contributed by atoms with Gasteiger partial charge in [0.25, 0.3) is 0 Å². The molecular weight excluding hydrogens is 467 g/mol. The Labute approximate surface area is 190 Å². The summed E-state index contributed by atoms with van der Waals surface area (Å²) in [4.78, 5) is 34.7. The fraction of sp³-hybridized carbons (Fsp3) is 0.450. The fourth-order valence-electron chi connectivity index (χ4n) is 3.46. The first kappa shape index (κ1) is 25.1. The molecule has 0 aliphatic carbocycles. The van der Waals surface area contributed by atoms with E-state index in [0.717, 1.165) is 31.6 Å². The molecule has 34 heavy (non-hydrogen) atoms. The van der Waals surface area contributed by atoms with E-state index in [-0.39, 0.29) is 11.3 Å². The Morgan fingerprint density at radius 2 is 1.62 bits per heavy atom. The molecular formula is C20H20F3N3O8. The molecule has 0 saturated carbocycles. The number of halogens is 3. The van der Waals surface area contributed by atoms with Crippen LogP contribution in [-0.2, 0) is 33.3 Å². The molecule has 0 unspecified atom stereocenters. The molecule has 0 amide bonds. The highest BCUT2D eigenvalue weighted by atomic mass is 19.2. The second kappa shape index (κ2) is 10.2. The second-order valence-corrected chi connectivity index (χ2v) is 7.34. The number of rotatable bonds is 6. The largest absolute Gasteiger partial charge is 0.463 e. The Hall–Kier alpha value is -3.52. The maximum absolute atomic E-state index is 13.7. The number of aliphatic hydroxyl groups is 1. The van der Waals surface area contributed by atoms with Crippen LogP contribution in [0.15, 0.2) is 18.3 Å². The number of aromatic nitrogens is 3. The zero-order chi connectivity index (χ0) is 25.2. The van der Waals surface area contributed by atoms with Gasteiger partial charge in [0, 0.05) is 26.3 Å². The number of aliphatic hydroxyl groups excluding tert-OH is 1. The smallest absolute Gasteiger partial charge is 0.303 e. The number of carbonyl (C=O) groups excluding carboxylic acids is 3. The van der Waals surface area contributed by atoms with Gasteiger partial charge in [-0.3, -0.25) is 14.4 Å². The van der Waals surface area contributed by atoms with Gasteiger partial charge in [0.1, 0.15) is 24.4 Å². The van der Waals surface area contributed by atoms with E-state index < -0.39 is 72.6 Å². The molecule has 5 atom stereocenters. The lowest BCUT2D eigenvalue weighted by molar-refractivity contribution is -0.279. The molecule has 2 aromatic rings. The minimum atomic E-state index is -1.77. The standard InChI is InChI=1S/C20H20F3N3O8/c1-8(27)31-7-15-18(32-9(2)28)17(19(20(30)34-15)33-10(3)29)26-6-14(24-25-26)11-4-12(21)16(23)13(22)5-11/h4-6,15,17-20,30H,7H2,1-3H3/t15-,17+,18+,19-,20+/m1/s1. The van der Waals surface area contributed by atoms with Gasteiger partial charge in [-0.25, -0.2) is 17.9 Å². The summed E-state index contributed by atoms with van der Waals surface area (Å²) >= 11 is 0. The summed E-state index contributed by atoms with van der Waals surface area (Å²) in [5.41, 5.74) is -0.279. The number of hydrogen-bond donors (Lipinski definition) is 1. The highest BCUT2D eigenvalue weighted by molar-refractivity contribution is 5.67. The van der Waals surface area contributed by atoms with Gasteiger partial charge < -0.3 is 24.1 Å². The van der Waals surface area contributed by atoms with Crippen molar-refractivity contribution in [3.8, 4) is 11.3 Å². The van der Waals surface area contributed by atoms with Crippen LogP contribution in [-0.4, -0.2) is 69.2 Å². The molecule has 2 heterocycles. The number of nitrogens with zero attached hydrogens (tertiary/aromatic N) is 3. The Morgan fingerprint density at radius 1 is 1.03 bits per heavy atom. The normalized spacial score (nSPS) is 24.4. The average molecular weight is 487 g/mol. The lowest BCUT2D eigenvalue weighted by Gasteiger charge is -2.43. The summed E-state index contributed by atoms with van der Waals surface area (Å²) < 4.78 is 62.5. The number of hydrogen-bond acceptors (Lipinski definition) is 10. The molecule has 1 aromatic carbocycles. The molecule has 1 N–H and O–H groups in total. The van der Waals surface area contributed by atoms with Crippen molar-refractivity contribution < 1.29 is 51.6 Å². The second-order valence-electron chi connectivity index (χ2n) is 7.34. The molecule has 3 rings (SSSR count). The fourth-order valence-corrected chi connectivity index (χ4v) is 3.46. The van der Waals surface area contributed by atoms with E-state index in [0.29, 0.717) is 12.1 Å². The third-order valence-electron chi connectivity index (χ3n) is 4.79. The van der Waals surface area contributed by atoms with E-state index in [9.17, 15) is 32.7 Å². The van der Waals surface area contributed by atoms with Crippen molar-refractivity contribution in [2.45, 2.75) is 51.4 Å². The zero-order valence-corrected chi connectivity index (χ0v) is 18.1. The Morgan fingerprint density at radius 3 is 2.18 bits per heavy atom. The van der Waals surface area contributed by atoms with Crippen LogP contribution in [0.2, 0.25) is 0 Å². The third-order valence-corrected chi connectivity index (χ3v) is 4.79. The molecule has 0 bridgehead atoms. The van der Waals surface area contributed by atoms with Gasteiger partial charge >= 0.3 is 17.9 Å². The molecule has 1 aliphatic rings. The summed E-state index contributed by atoms with van der Waals surface area (Å²) in [5.74, 6) is -6.86. The van der Waals surface area contributed by atoms with Crippen LogP contribution in [0, 0.1) is 17.5 Å². The molecule has 0 spiro atoms. The van der Waals surface area contributed by atoms with E-state index in [4.69, 9.17) is 18.9 Å². The average Bonchev–Trinajstić information content (AvgIpc) is 3.22. The Bertz CT molecular complexity index is 1070. The van der Waals surface area contributed by atoms with Gasteiger partial charge in [0.05, 0.1) is 6.20 Å². The lowest BCUT2D eigenvalue weighted by atomic mass is 9.95. The van der Waals surface area contributed by atoms with Gasteiger partial charge in [-0.15, -0.1) is 5.10 Å². The summed E-state index contributed by atoms with van der Waals surface area (Å²) in [6, 6.07) is 0.123. The maximum atomic E-state index is 13.7. The van der Waals surface area contributed by atoms with Crippen molar-refractivity contribution >= 4 is 17.9 Å². The van der Waals surface area contributed by atoms with Crippen molar-refractivity contribution in [2.24, 2.45) is 0 Å². The number of ether oxygens (including phenoxy) is 4.